The quantitative estimate of drug-likeness (QED) is 0.0838. The molecule has 0 saturated carbocycles. The van der Waals surface area contributed by atoms with Crippen LogP contribution < -0.4 is 22.1 Å². The highest BCUT2D eigenvalue weighted by Gasteiger charge is 2.13. The molecule has 0 amide bonds. The monoisotopic (exact) mass is 518 g/mol. The van der Waals surface area contributed by atoms with Crippen LogP contribution >= 0.6 is 0 Å². The number of aryl methyl sites for hydroxylation is 1. The summed E-state index contributed by atoms with van der Waals surface area (Å²) in [5.74, 6) is 0. The van der Waals surface area contributed by atoms with E-state index in [1.807, 2.05) is 0 Å². The highest BCUT2D eigenvalue weighted by Crippen LogP contribution is 2.34. The van der Waals surface area contributed by atoms with Crippen molar-refractivity contribution in [3.05, 3.63) is 59.7 Å². The Morgan fingerprint density at radius 3 is 1.37 bits per heavy atom. The van der Waals surface area contributed by atoms with Gasteiger partial charge in [-0.2, -0.15) is 0 Å². The van der Waals surface area contributed by atoms with Crippen LogP contribution in [0.3, 0.4) is 0 Å². The normalized spacial score (nSPS) is 11.6. The Morgan fingerprint density at radius 2 is 0.816 bits per heavy atom. The number of hydrogen-bond donors (Lipinski definition) is 4. The van der Waals surface area contributed by atoms with Gasteiger partial charge in [0.15, 0.2) is 0 Å². The lowest BCUT2D eigenvalue weighted by molar-refractivity contribution is 0.559. The first-order chi connectivity index (χ1) is 18.9. The molecular weight excluding hydrogens is 464 g/mol. The molecular formula is C34H54N4. The Balaban J connectivity index is 1.52. The highest BCUT2D eigenvalue weighted by atomic mass is 14.8. The summed E-state index contributed by atoms with van der Waals surface area (Å²) >= 11 is 0. The minimum Gasteiger partial charge on any atom is -0.330 e. The van der Waals surface area contributed by atoms with Crippen molar-refractivity contribution < 1.29 is 0 Å². The molecule has 0 unspecified atom stereocenters. The van der Waals surface area contributed by atoms with Gasteiger partial charge in [0.2, 0.25) is 0 Å². The fourth-order valence-electron chi connectivity index (χ4n) is 5.69. The van der Waals surface area contributed by atoms with E-state index in [1.54, 1.807) is 0 Å². The summed E-state index contributed by atoms with van der Waals surface area (Å²) in [4.78, 5) is 0. The standard InChI is InChI=1S/C34H54N4/c35-23-13-5-2-1-3-6-16-27-38-28-34-32-21-11-9-19-30(32)29(31-20-10-12-22-33(31)34)18-8-4-7-15-25-37-26-17-14-24-36/h9-12,19-22,37-38H,1-8,13-18,23-28,35-36H2. The third-order valence-corrected chi connectivity index (χ3v) is 7.85. The molecule has 0 saturated heterocycles. The maximum Gasteiger partial charge on any atom is 0.0217 e. The van der Waals surface area contributed by atoms with Gasteiger partial charge < -0.3 is 22.1 Å². The van der Waals surface area contributed by atoms with Crippen molar-refractivity contribution in [1.82, 2.24) is 10.6 Å². The van der Waals surface area contributed by atoms with Gasteiger partial charge in [0, 0.05) is 6.54 Å². The largest absolute Gasteiger partial charge is 0.330 e. The number of rotatable bonds is 22. The lowest BCUT2D eigenvalue weighted by Crippen LogP contribution is -2.17. The molecule has 0 aliphatic rings. The second kappa shape index (κ2) is 19.1. The van der Waals surface area contributed by atoms with E-state index in [-0.39, 0.29) is 0 Å². The molecule has 0 bridgehead atoms. The van der Waals surface area contributed by atoms with E-state index in [0.29, 0.717) is 0 Å². The number of unbranched alkanes of at least 4 members (excludes halogenated alkanes) is 10. The van der Waals surface area contributed by atoms with Gasteiger partial charge in [-0.3, -0.25) is 0 Å². The zero-order valence-corrected chi connectivity index (χ0v) is 23.9. The van der Waals surface area contributed by atoms with Crippen molar-refractivity contribution in [2.75, 3.05) is 32.7 Å². The molecule has 0 spiro atoms. The SMILES string of the molecule is NCCCCCCCCCNCc1c2ccccc2c(CCCCCCNCCCCN)c2ccccc12. The van der Waals surface area contributed by atoms with Crippen molar-refractivity contribution >= 4 is 21.5 Å². The van der Waals surface area contributed by atoms with Crippen molar-refractivity contribution in [1.29, 1.82) is 0 Å². The van der Waals surface area contributed by atoms with Crippen LogP contribution in [0.15, 0.2) is 48.5 Å². The van der Waals surface area contributed by atoms with Crippen LogP contribution in [0.25, 0.3) is 21.5 Å². The molecule has 3 rings (SSSR count). The Kier molecular flexibility index (Phi) is 15.4. The van der Waals surface area contributed by atoms with Gasteiger partial charge in [-0.1, -0.05) is 93.5 Å². The molecule has 3 aromatic rings. The van der Waals surface area contributed by atoms with E-state index in [4.69, 9.17) is 11.5 Å². The summed E-state index contributed by atoms with van der Waals surface area (Å²) in [5.41, 5.74) is 14.2. The Bertz CT molecular complexity index is 893. The topological polar surface area (TPSA) is 76.1 Å². The summed E-state index contributed by atoms with van der Waals surface area (Å²) in [6, 6.07) is 18.2. The molecule has 38 heavy (non-hydrogen) atoms. The van der Waals surface area contributed by atoms with E-state index in [9.17, 15) is 0 Å². The minimum absolute atomic E-state index is 0.805. The van der Waals surface area contributed by atoms with Crippen molar-refractivity contribution in [3.8, 4) is 0 Å². The van der Waals surface area contributed by atoms with Crippen molar-refractivity contribution in [3.63, 3.8) is 0 Å². The molecule has 6 N–H and O–H groups in total. The summed E-state index contributed by atoms with van der Waals surface area (Å²) in [7, 11) is 0. The average molecular weight is 519 g/mol. The van der Waals surface area contributed by atoms with Gasteiger partial charge in [-0.15, -0.1) is 0 Å². The maximum absolute atomic E-state index is 5.59. The number of nitrogens with two attached hydrogens (primary N) is 2. The first-order valence-corrected chi connectivity index (χ1v) is 15.6. The number of fused-ring (bicyclic) bond motifs is 2. The highest BCUT2D eigenvalue weighted by molar-refractivity contribution is 6.05. The van der Waals surface area contributed by atoms with Crippen LogP contribution in [0.2, 0.25) is 0 Å². The molecule has 210 valence electrons. The van der Waals surface area contributed by atoms with Crippen molar-refractivity contribution in [2.24, 2.45) is 11.5 Å². The van der Waals surface area contributed by atoms with E-state index in [1.165, 1.54) is 110 Å². The van der Waals surface area contributed by atoms with Gasteiger partial charge >= 0.3 is 0 Å². The Morgan fingerprint density at radius 1 is 0.421 bits per heavy atom. The van der Waals surface area contributed by atoms with Gasteiger partial charge in [0.1, 0.15) is 0 Å². The lowest BCUT2D eigenvalue weighted by atomic mass is 9.89. The molecule has 0 aromatic heterocycles. The van der Waals surface area contributed by atoms with Crippen LogP contribution in [0, 0.1) is 0 Å². The molecule has 0 atom stereocenters. The molecule has 0 heterocycles. The maximum atomic E-state index is 5.59. The second-order valence-electron chi connectivity index (χ2n) is 10.9. The predicted octanol–water partition coefficient (Wildman–Crippen LogP) is 7.20. The zero-order valence-electron chi connectivity index (χ0n) is 23.9. The first kappa shape index (κ1) is 30.6. The third kappa shape index (κ3) is 10.3. The molecule has 0 radical (unpaired) electrons. The van der Waals surface area contributed by atoms with Crippen LogP contribution in [0.1, 0.15) is 94.6 Å². The summed E-state index contributed by atoms with van der Waals surface area (Å²) in [6.45, 7) is 5.91. The smallest absolute Gasteiger partial charge is 0.0217 e. The molecule has 0 aliphatic heterocycles. The minimum atomic E-state index is 0.805. The van der Waals surface area contributed by atoms with Gasteiger partial charge in [-0.05, 0) is 110 Å². The van der Waals surface area contributed by atoms with E-state index < -0.39 is 0 Å². The molecule has 4 heteroatoms. The Hall–Kier alpha value is -1.98. The molecule has 3 aromatic carbocycles. The van der Waals surface area contributed by atoms with E-state index in [2.05, 4.69) is 59.2 Å². The van der Waals surface area contributed by atoms with Crippen LogP contribution in [-0.4, -0.2) is 32.7 Å². The fourth-order valence-corrected chi connectivity index (χ4v) is 5.69. The summed E-state index contributed by atoms with van der Waals surface area (Å²) in [5, 5.41) is 13.1. The number of benzene rings is 3. The zero-order chi connectivity index (χ0) is 26.7. The Labute approximate surface area is 232 Å². The number of hydrogen-bond acceptors (Lipinski definition) is 4. The van der Waals surface area contributed by atoms with Crippen LogP contribution in [-0.2, 0) is 13.0 Å². The first-order valence-electron chi connectivity index (χ1n) is 15.6. The van der Waals surface area contributed by atoms with Gasteiger partial charge in [0.05, 0.1) is 0 Å². The molecule has 4 nitrogen and oxygen atoms in total. The summed E-state index contributed by atoms with van der Waals surface area (Å²) < 4.78 is 0. The van der Waals surface area contributed by atoms with E-state index >= 15 is 0 Å². The van der Waals surface area contributed by atoms with Crippen LogP contribution in [0.5, 0.6) is 0 Å². The molecule has 0 aliphatic carbocycles. The number of nitrogens with one attached hydrogen (secondary N) is 2. The van der Waals surface area contributed by atoms with Crippen LogP contribution in [0.4, 0.5) is 0 Å². The van der Waals surface area contributed by atoms with E-state index in [0.717, 1.165) is 52.1 Å². The average Bonchev–Trinajstić information content (AvgIpc) is 2.95. The second-order valence-corrected chi connectivity index (χ2v) is 10.9. The van der Waals surface area contributed by atoms with Crippen molar-refractivity contribution in [2.45, 2.75) is 96.4 Å². The predicted molar refractivity (Wildman–Crippen MR) is 168 cm³/mol. The molecule has 0 fully saturated rings. The summed E-state index contributed by atoms with van der Waals surface area (Å²) in [6.07, 6.45) is 17.7. The van der Waals surface area contributed by atoms with Gasteiger partial charge in [0.25, 0.3) is 0 Å². The lowest BCUT2D eigenvalue weighted by Gasteiger charge is -2.17. The third-order valence-electron chi connectivity index (χ3n) is 7.85. The van der Waals surface area contributed by atoms with Gasteiger partial charge in [-0.25, -0.2) is 0 Å². The fraction of sp³-hybridized carbons (Fsp3) is 0.588.